The molecule has 0 aliphatic heterocycles. The van der Waals surface area contributed by atoms with E-state index in [0.29, 0.717) is 29.0 Å². The van der Waals surface area contributed by atoms with Crippen LogP contribution < -0.4 is 15.4 Å². The molecule has 106 valence electrons. The second kappa shape index (κ2) is 6.34. The van der Waals surface area contributed by atoms with Gasteiger partial charge < -0.3 is 19.8 Å². The van der Waals surface area contributed by atoms with Crippen molar-refractivity contribution in [1.29, 1.82) is 0 Å². The Bertz CT molecular complexity index is 610. The number of furan rings is 1. The van der Waals surface area contributed by atoms with E-state index in [0.717, 1.165) is 5.69 Å². The molecule has 1 aromatic carbocycles. The SMILES string of the molecule is COc1ccc(NC(C)=O)cc1NCc1ccc(Cl)o1. The van der Waals surface area contributed by atoms with Gasteiger partial charge in [0, 0.05) is 12.6 Å². The second-order valence-electron chi connectivity index (χ2n) is 4.16. The van der Waals surface area contributed by atoms with Crippen molar-refractivity contribution in [2.24, 2.45) is 0 Å². The van der Waals surface area contributed by atoms with E-state index in [9.17, 15) is 4.79 Å². The zero-order valence-electron chi connectivity index (χ0n) is 11.2. The molecule has 0 aliphatic carbocycles. The lowest BCUT2D eigenvalue weighted by molar-refractivity contribution is -0.114. The number of carbonyl (C=O) groups excluding carboxylic acids is 1. The molecule has 0 spiro atoms. The van der Waals surface area contributed by atoms with Crippen molar-refractivity contribution >= 4 is 28.9 Å². The average molecular weight is 295 g/mol. The van der Waals surface area contributed by atoms with Crippen LogP contribution in [0.3, 0.4) is 0 Å². The van der Waals surface area contributed by atoms with E-state index in [1.54, 1.807) is 37.4 Å². The van der Waals surface area contributed by atoms with Crippen molar-refractivity contribution in [3.63, 3.8) is 0 Å². The first-order chi connectivity index (χ1) is 9.58. The lowest BCUT2D eigenvalue weighted by Crippen LogP contribution is -2.07. The minimum Gasteiger partial charge on any atom is -0.495 e. The molecule has 0 fully saturated rings. The minimum absolute atomic E-state index is 0.126. The molecule has 0 bridgehead atoms. The van der Waals surface area contributed by atoms with Gasteiger partial charge >= 0.3 is 0 Å². The molecule has 0 unspecified atom stereocenters. The Morgan fingerprint density at radius 1 is 1.35 bits per heavy atom. The summed E-state index contributed by atoms with van der Waals surface area (Å²) in [5.74, 6) is 1.26. The van der Waals surface area contributed by atoms with Crippen LogP contribution in [0.1, 0.15) is 12.7 Å². The van der Waals surface area contributed by atoms with Gasteiger partial charge in [-0.3, -0.25) is 4.79 Å². The number of nitrogens with one attached hydrogen (secondary N) is 2. The highest BCUT2D eigenvalue weighted by Gasteiger charge is 2.07. The molecular weight excluding hydrogens is 280 g/mol. The molecular formula is C14H15ClN2O3. The van der Waals surface area contributed by atoms with Gasteiger partial charge in [0.15, 0.2) is 5.22 Å². The number of hydrogen-bond acceptors (Lipinski definition) is 4. The Kier molecular flexibility index (Phi) is 4.53. The van der Waals surface area contributed by atoms with Crippen molar-refractivity contribution in [2.75, 3.05) is 17.7 Å². The van der Waals surface area contributed by atoms with Gasteiger partial charge in [0.05, 0.1) is 19.3 Å². The van der Waals surface area contributed by atoms with Gasteiger partial charge in [0.25, 0.3) is 0 Å². The van der Waals surface area contributed by atoms with Crippen LogP contribution in [0.4, 0.5) is 11.4 Å². The lowest BCUT2D eigenvalue weighted by Gasteiger charge is -2.12. The van der Waals surface area contributed by atoms with Crippen LogP contribution in [-0.2, 0) is 11.3 Å². The van der Waals surface area contributed by atoms with Crippen LogP contribution in [0.15, 0.2) is 34.7 Å². The standard InChI is InChI=1S/C14H15ClN2O3/c1-9(18)17-10-3-5-13(19-2)12(7-10)16-8-11-4-6-14(15)20-11/h3-7,16H,8H2,1-2H3,(H,17,18). The maximum atomic E-state index is 11.1. The zero-order valence-corrected chi connectivity index (χ0v) is 12.0. The summed E-state index contributed by atoms with van der Waals surface area (Å²) in [4.78, 5) is 11.1. The summed E-state index contributed by atoms with van der Waals surface area (Å²) in [5, 5.41) is 6.25. The largest absolute Gasteiger partial charge is 0.495 e. The third-order valence-corrected chi connectivity index (χ3v) is 2.80. The van der Waals surface area contributed by atoms with Gasteiger partial charge in [-0.05, 0) is 41.9 Å². The average Bonchev–Trinajstić information content (AvgIpc) is 2.82. The molecule has 1 heterocycles. The van der Waals surface area contributed by atoms with Crippen LogP contribution in [0, 0.1) is 0 Å². The van der Waals surface area contributed by atoms with E-state index in [1.165, 1.54) is 6.92 Å². The lowest BCUT2D eigenvalue weighted by atomic mass is 10.2. The van der Waals surface area contributed by atoms with Crippen molar-refractivity contribution in [3.8, 4) is 5.75 Å². The van der Waals surface area contributed by atoms with E-state index in [4.69, 9.17) is 20.8 Å². The third kappa shape index (κ3) is 3.68. The molecule has 2 rings (SSSR count). The molecule has 0 radical (unpaired) electrons. The minimum atomic E-state index is -0.126. The maximum Gasteiger partial charge on any atom is 0.221 e. The van der Waals surface area contributed by atoms with Gasteiger partial charge in [0.2, 0.25) is 5.91 Å². The third-order valence-electron chi connectivity index (χ3n) is 2.60. The Balaban J connectivity index is 2.13. The fourth-order valence-corrected chi connectivity index (χ4v) is 1.92. The number of halogens is 1. The first kappa shape index (κ1) is 14.3. The van der Waals surface area contributed by atoms with Crippen LogP contribution >= 0.6 is 11.6 Å². The predicted molar refractivity (Wildman–Crippen MR) is 78.3 cm³/mol. The van der Waals surface area contributed by atoms with Gasteiger partial charge in [-0.1, -0.05) is 0 Å². The summed E-state index contributed by atoms with van der Waals surface area (Å²) in [7, 11) is 1.59. The summed E-state index contributed by atoms with van der Waals surface area (Å²) >= 11 is 5.72. The van der Waals surface area contributed by atoms with Crippen molar-refractivity contribution in [2.45, 2.75) is 13.5 Å². The van der Waals surface area contributed by atoms with Gasteiger partial charge in [-0.2, -0.15) is 0 Å². The van der Waals surface area contributed by atoms with Crippen LogP contribution in [0.2, 0.25) is 5.22 Å². The number of methoxy groups -OCH3 is 1. The molecule has 0 aliphatic rings. The molecule has 2 N–H and O–H groups in total. The Labute approximate surface area is 121 Å². The van der Waals surface area contributed by atoms with Gasteiger partial charge in [-0.25, -0.2) is 0 Å². The fraction of sp³-hybridized carbons (Fsp3) is 0.214. The van der Waals surface area contributed by atoms with Crippen LogP contribution in [0.25, 0.3) is 0 Å². The zero-order chi connectivity index (χ0) is 14.5. The van der Waals surface area contributed by atoms with Crippen molar-refractivity contribution in [1.82, 2.24) is 0 Å². The van der Waals surface area contributed by atoms with E-state index < -0.39 is 0 Å². The molecule has 1 aromatic heterocycles. The summed E-state index contributed by atoms with van der Waals surface area (Å²) in [5.41, 5.74) is 1.45. The first-order valence-electron chi connectivity index (χ1n) is 6.02. The number of ether oxygens (including phenoxy) is 1. The highest BCUT2D eigenvalue weighted by Crippen LogP contribution is 2.28. The quantitative estimate of drug-likeness (QED) is 0.886. The molecule has 5 nitrogen and oxygen atoms in total. The summed E-state index contributed by atoms with van der Waals surface area (Å²) < 4.78 is 10.5. The molecule has 1 amide bonds. The monoisotopic (exact) mass is 294 g/mol. The summed E-state index contributed by atoms with van der Waals surface area (Å²) in [6, 6.07) is 8.83. The fourth-order valence-electron chi connectivity index (χ4n) is 1.76. The van der Waals surface area contributed by atoms with Crippen LogP contribution in [-0.4, -0.2) is 13.0 Å². The molecule has 2 aromatic rings. The summed E-state index contributed by atoms with van der Waals surface area (Å²) in [6.45, 7) is 1.93. The number of carbonyl (C=O) groups is 1. The molecule has 0 saturated heterocycles. The van der Waals surface area contributed by atoms with E-state index >= 15 is 0 Å². The second-order valence-corrected chi connectivity index (χ2v) is 4.53. The first-order valence-corrected chi connectivity index (χ1v) is 6.40. The van der Waals surface area contributed by atoms with Crippen LogP contribution in [0.5, 0.6) is 5.75 Å². The van der Waals surface area contributed by atoms with Gasteiger partial charge in [-0.15, -0.1) is 0 Å². The highest BCUT2D eigenvalue weighted by atomic mass is 35.5. The van der Waals surface area contributed by atoms with E-state index in [2.05, 4.69) is 10.6 Å². The van der Waals surface area contributed by atoms with E-state index in [1.807, 2.05) is 0 Å². The smallest absolute Gasteiger partial charge is 0.221 e. The molecule has 20 heavy (non-hydrogen) atoms. The topological polar surface area (TPSA) is 63.5 Å². The number of amides is 1. The number of anilines is 2. The number of rotatable bonds is 5. The van der Waals surface area contributed by atoms with E-state index in [-0.39, 0.29) is 5.91 Å². The Morgan fingerprint density at radius 2 is 2.15 bits per heavy atom. The Morgan fingerprint density at radius 3 is 2.75 bits per heavy atom. The normalized spacial score (nSPS) is 10.2. The van der Waals surface area contributed by atoms with Crippen molar-refractivity contribution in [3.05, 3.63) is 41.3 Å². The highest BCUT2D eigenvalue weighted by molar-refractivity contribution is 6.28. The number of benzene rings is 1. The van der Waals surface area contributed by atoms with Crippen molar-refractivity contribution < 1.29 is 13.9 Å². The molecule has 0 atom stereocenters. The van der Waals surface area contributed by atoms with Gasteiger partial charge in [0.1, 0.15) is 11.5 Å². The maximum absolute atomic E-state index is 11.1. The Hall–Kier alpha value is -2.14. The molecule has 6 heteroatoms. The predicted octanol–water partition coefficient (Wildman–Crippen LogP) is 3.51. The summed E-state index contributed by atoms with van der Waals surface area (Å²) in [6.07, 6.45) is 0. The molecule has 0 saturated carbocycles. The number of hydrogen-bond donors (Lipinski definition) is 2.